The van der Waals surface area contributed by atoms with Crippen LogP contribution < -0.4 is 38.5 Å². The van der Waals surface area contributed by atoms with Gasteiger partial charge in [0.1, 0.15) is 18.1 Å². The van der Waals surface area contributed by atoms with Crippen LogP contribution in [0.5, 0.6) is 0 Å². The zero-order valence-corrected chi connectivity index (χ0v) is 15.5. The van der Waals surface area contributed by atoms with E-state index in [1.165, 1.54) is 6.92 Å². The summed E-state index contributed by atoms with van der Waals surface area (Å²) < 4.78 is 0. The summed E-state index contributed by atoms with van der Waals surface area (Å²) in [6.07, 6.45) is 0.151. The molecule has 0 unspecified atom stereocenters. The van der Waals surface area contributed by atoms with E-state index in [1.54, 1.807) is 0 Å². The molecule has 0 bridgehead atoms. The molecule has 0 spiro atoms. The number of carbonyl (C=O) groups excluding carboxylic acids is 5. The summed E-state index contributed by atoms with van der Waals surface area (Å²) in [6, 6.07) is -3.23. The summed E-state index contributed by atoms with van der Waals surface area (Å²) in [5.74, 6) is -3.53. The van der Waals surface area contributed by atoms with E-state index in [0.717, 1.165) is 0 Å². The molecule has 1 fully saturated rings. The number of hydrogen-bond donors (Lipinski definition) is 7. The first-order valence-corrected chi connectivity index (χ1v) is 8.61. The van der Waals surface area contributed by atoms with Gasteiger partial charge in [0.25, 0.3) is 0 Å². The second-order valence-corrected chi connectivity index (χ2v) is 6.25. The average molecular weight is 398 g/mol. The van der Waals surface area contributed by atoms with Gasteiger partial charge in [0.15, 0.2) is 5.96 Å². The number of nitrogens with two attached hydrogens (primary N) is 3. The van der Waals surface area contributed by atoms with Gasteiger partial charge in [-0.15, -0.1) is 0 Å². The predicted molar refractivity (Wildman–Crippen MR) is 98.2 cm³/mol. The quantitative estimate of drug-likeness (QED) is 0.132. The van der Waals surface area contributed by atoms with E-state index < -0.39 is 60.6 Å². The van der Waals surface area contributed by atoms with Crippen molar-refractivity contribution in [3.63, 3.8) is 0 Å². The molecule has 1 aliphatic heterocycles. The summed E-state index contributed by atoms with van der Waals surface area (Å²) >= 11 is 0. The molecule has 0 aromatic rings. The summed E-state index contributed by atoms with van der Waals surface area (Å²) in [4.78, 5) is 63.8. The van der Waals surface area contributed by atoms with Crippen molar-refractivity contribution >= 4 is 35.5 Å². The Morgan fingerprint density at radius 3 is 2.29 bits per heavy atom. The zero-order chi connectivity index (χ0) is 21.3. The van der Waals surface area contributed by atoms with Crippen LogP contribution in [0.1, 0.15) is 26.2 Å². The summed E-state index contributed by atoms with van der Waals surface area (Å²) in [5, 5.41) is 9.58. The maximum atomic E-state index is 12.3. The summed E-state index contributed by atoms with van der Waals surface area (Å²) in [6.45, 7) is 1.21. The number of aliphatic imine (C=N–C) groups is 1. The number of rotatable bonds is 6. The number of primary amides is 1. The molecule has 1 aliphatic rings. The molecule has 0 aliphatic carbocycles. The van der Waals surface area contributed by atoms with Crippen molar-refractivity contribution in [1.82, 2.24) is 21.3 Å². The largest absolute Gasteiger partial charge is 0.370 e. The minimum Gasteiger partial charge on any atom is -0.370 e. The van der Waals surface area contributed by atoms with E-state index in [4.69, 9.17) is 17.2 Å². The van der Waals surface area contributed by atoms with Crippen molar-refractivity contribution in [3.8, 4) is 0 Å². The number of nitrogens with zero attached hydrogens (tertiary/aromatic N) is 1. The molecule has 0 saturated carbocycles. The van der Waals surface area contributed by atoms with Gasteiger partial charge in [-0.2, -0.15) is 0 Å². The van der Waals surface area contributed by atoms with Gasteiger partial charge in [0.2, 0.25) is 29.5 Å². The monoisotopic (exact) mass is 398 g/mol. The van der Waals surface area contributed by atoms with E-state index in [-0.39, 0.29) is 18.9 Å². The molecular formula is C15H26N8O5. The Morgan fingerprint density at radius 2 is 1.68 bits per heavy atom. The van der Waals surface area contributed by atoms with Gasteiger partial charge in [-0.25, -0.2) is 0 Å². The lowest BCUT2D eigenvalue weighted by Crippen LogP contribution is -2.59. The second-order valence-electron chi connectivity index (χ2n) is 6.25. The summed E-state index contributed by atoms with van der Waals surface area (Å²) in [5.41, 5.74) is 15.5. The third kappa shape index (κ3) is 7.88. The van der Waals surface area contributed by atoms with Crippen LogP contribution in [-0.4, -0.2) is 66.7 Å². The third-order valence-electron chi connectivity index (χ3n) is 3.81. The van der Waals surface area contributed by atoms with E-state index >= 15 is 0 Å². The molecule has 3 atom stereocenters. The van der Waals surface area contributed by atoms with Gasteiger partial charge in [-0.1, -0.05) is 0 Å². The van der Waals surface area contributed by atoms with Gasteiger partial charge in [0, 0.05) is 6.54 Å². The molecule has 5 amide bonds. The minimum absolute atomic E-state index is 0.0919. The molecule has 1 heterocycles. The van der Waals surface area contributed by atoms with Crippen LogP contribution in [0, 0.1) is 0 Å². The van der Waals surface area contributed by atoms with Crippen LogP contribution in [0.4, 0.5) is 0 Å². The SMILES string of the molecule is C[C@@H]1NC(=O)[C@H](CC(N)=O)NC(=O)CNC(=O)[C@H](CCCN=C(N)N)NC1=O. The zero-order valence-electron chi connectivity index (χ0n) is 15.5. The predicted octanol–water partition coefficient (Wildman–Crippen LogP) is -4.48. The first kappa shape index (κ1) is 22.7. The van der Waals surface area contributed by atoms with E-state index in [2.05, 4.69) is 26.3 Å². The van der Waals surface area contributed by atoms with Crippen LogP contribution in [0.3, 0.4) is 0 Å². The Morgan fingerprint density at radius 1 is 1.00 bits per heavy atom. The number of guanidine groups is 1. The normalized spacial score (nSPS) is 23.8. The van der Waals surface area contributed by atoms with Crippen molar-refractivity contribution in [3.05, 3.63) is 0 Å². The van der Waals surface area contributed by atoms with Gasteiger partial charge in [-0.3, -0.25) is 29.0 Å². The minimum atomic E-state index is -1.26. The first-order valence-electron chi connectivity index (χ1n) is 8.61. The molecule has 28 heavy (non-hydrogen) atoms. The number of amides is 5. The maximum absolute atomic E-state index is 12.3. The van der Waals surface area contributed by atoms with Crippen molar-refractivity contribution < 1.29 is 24.0 Å². The molecular weight excluding hydrogens is 372 g/mol. The lowest BCUT2D eigenvalue weighted by atomic mass is 10.1. The summed E-state index contributed by atoms with van der Waals surface area (Å²) in [7, 11) is 0. The Kier molecular flexibility index (Phi) is 8.65. The molecule has 0 aromatic carbocycles. The highest BCUT2D eigenvalue weighted by atomic mass is 16.2. The lowest BCUT2D eigenvalue weighted by molar-refractivity contribution is -0.136. The second kappa shape index (κ2) is 10.7. The smallest absolute Gasteiger partial charge is 0.243 e. The van der Waals surface area contributed by atoms with Gasteiger partial charge < -0.3 is 38.5 Å². The molecule has 13 heteroatoms. The van der Waals surface area contributed by atoms with E-state index in [0.29, 0.717) is 6.42 Å². The fraction of sp³-hybridized carbons (Fsp3) is 0.600. The van der Waals surface area contributed by atoms with Crippen LogP contribution in [0.2, 0.25) is 0 Å². The van der Waals surface area contributed by atoms with E-state index in [9.17, 15) is 24.0 Å². The highest BCUT2D eigenvalue weighted by molar-refractivity contribution is 5.97. The highest BCUT2D eigenvalue weighted by Gasteiger charge is 2.29. The standard InChI is InChI=1S/C15H26N8O5/c1-7-12(26)23-8(3-2-4-19-15(17)18)13(27)20-6-11(25)22-9(5-10(16)24)14(28)21-7/h7-9H,2-6H2,1H3,(H2,16,24)(H,20,27)(H,21,28)(H,22,25)(H,23,26)(H4,17,18,19)/t7-,8-,9-/m0/s1. The maximum Gasteiger partial charge on any atom is 0.243 e. The van der Waals surface area contributed by atoms with Gasteiger partial charge in [-0.05, 0) is 19.8 Å². The van der Waals surface area contributed by atoms with Crippen LogP contribution in [0.25, 0.3) is 0 Å². The third-order valence-corrected chi connectivity index (χ3v) is 3.81. The van der Waals surface area contributed by atoms with Crippen LogP contribution in [0.15, 0.2) is 4.99 Å². The fourth-order valence-corrected chi connectivity index (χ4v) is 2.40. The number of nitrogens with one attached hydrogen (secondary N) is 4. The van der Waals surface area contributed by atoms with Crippen LogP contribution >= 0.6 is 0 Å². The number of hydrogen-bond acceptors (Lipinski definition) is 6. The molecule has 0 radical (unpaired) electrons. The van der Waals surface area contributed by atoms with Crippen molar-refractivity contribution in [2.24, 2.45) is 22.2 Å². The Labute approximate surface area is 161 Å². The highest BCUT2D eigenvalue weighted by Crippen LogP contribution is 2.01. The Hall–Kier alpha value is -3.38. The molecule has 1 rings (SSSR count). The Bertz CT molecular complexity index is 661. The topological polar surface area (TPSA) is 224 Å². The van der Waals surface area contributed by atoms with Crippen LogP contribution in [-0.2, 0) is 24.0 Å². The molecule has 1 saturated heterocycles. The average Bonchev–Trinajstić information content (AvgIpc) is 2.59. The van der Waals surface area contributed by atoms with E-state index in [1.807, 2.05) is 0 Å². The van der Waals surface area contributed by atoms with Gasteiger partial charge in [0.05, 0.1) is 13.0 Å². The molecule has 10 N–H and O–H groups in total. The molecule has 13 nitrogen and oxygen atoms in total. The Balaban J connectivity index is 2.89. The lowest BCUT2D eigenvalue weighted by Gasteiger charge is -2.24. The van der Waals surface area contributed by atoms with Crippen molar-refractivity contribution in [1.29, 1.82) is 0 Å². The van der Waals surface area contributed by atoms with Crippen molar-refractivity contribution in [2.75, 3.05) is 13.1 Å². The molecule has 156 valence electrons. The number of carbonyl (C=O) groups is 5. The first-order chi connectivity index (χ1) is 13.1. The molecule has 0 aromatic heterocycles. The van der Waals surface area contributed by atoms with Crippen molar-refractivity contribution in [2.45, 2.75) is 44.3 Å². The fourth-order valence-electron chi connectivity index (χ4n) is 2.40. The van der Waals surface area contributed by atoms with Gasteiger partial charge >= 0.3 is 0 Å².